The zero-order chi connectivity index (χ0) is 22.5. The zero-order valence-corrected chi connectivity index (χ0v) is 18.3. The zero-order valence-electron chi connectivity index (χ0n) is 18.3. The smallest absolute Gasteiger partial charge is 0.191 e. The Morgan fingerprint density at radius 2 is 1.84 bits per heavy atom. The Bertz CT molecular complexity index is 1130. The minimum atomic E-state index is -0.279. The van der Waals surface area contributed by atoms with Gasteiger partial charge in [-0.2, -0.15) is 0 Å². The lowest BCUT2D eigenvalue weighted by atomic mass is 9.95. The Balaban J connectivity index is 1.55. The van der Waals surface area contributed by atoms with Crippen molar-refractivity contribution in [3.05, 3.63) is 83.0 Å². The van der Waals surface area contributed by atoms with Crippen molar-refractivity contribution in [1.29, 1.82) is 0 Å². The molecule has 7 heteroatoms. The van der Waals surface area contributed by atoms with E-state index in [2.05, 4.69) is 10.1 Å². The van der Waals surface area contributed by atoms with Crippen LogP contribution in [0.4, 0.5) is 4.39 Å². The second-order valence-corrected chi connectivity index (χ2v) is 7.89. The van der Waals surface area contributed by atoms with Crippen molar-refractivity contribution >= 4 is 11.5 Å². The molecule has 1 aliphatic heterocycles. The van der Waals surface area contributed by atoms with E-state index in [0.717, 1.165) is 35.4 Å². The van der Waals surface area contributed by atoms with Gasteiger partial charge < -0.3 is 19.9 Å². The largest absolute Gasteiger partial charge is 0.378 e. The van der Waals surface area contributed by atoms with Gasteiger partial charge in [0.05, 0.1) is 13.2 Å². The number of hydrogen-bond acceptors (Lipinski definition) is 4. The fraction of sp³-hybridized carbons (Fsp3) is 0.280. The minimum Gasteiger partial charge on any atom is -0.378 e. The molecule has 0 bridgehead atoms. The van der Waals surface area contributed by atoms with Gasteiger partial charge in [0.15, 0.2) is 11.7 Å². The Morgan fingerprint density at radius 3 is 2.53 bits per heavy atom. The molecule has 2 heterocycles. The predicted octanol–water partition coefficient (Wildman–Crippen LogP) is 4.47. The Labute approximate surface area is 187 Å². The molecular weight excluding hydrogens is 407 g/mol. The summed E-state index contributed by atoms with van der Waals surface area (Å²) in [4.78, 5) is 6.41. The van der Waals surface area contributed by atoms with Crippen LogP contribution < -0.4 is 5.73 Å². The number of aromatic nitrogens is 1. The molecule has 1 aromatic heterocycles. The van der Waals surface area contributed by atoms with E-state index in [1.807, 2.05) is 61.2 Å². The molecule has 0 aliphatic carbocycles. The SMILES string of the molecule is CC(C)=C(c1ccc(-c2ccccc2)c(F)c1)c1cc(CN=C(N)N2CCOCC2)on1. The lowest BCUT2D eigenvalue weighted by Gasteiger charge is -2.27. The number of benzene rings is 2. The van der Waals surface area contributed by atoms with Crippen LogP contribution in [0.1, 0.15) is 30.9 Å². The summed E-state index contributed by atoms with van der Waals surface area (Å²) in [7, 11) is 0. The number of ether oxygens (including phenoxy) is 1. The van der Waals surface area contributed by atoms with E-state index in [1.54, 1.807) is 12.1 Å². The summed E-state index contributed by atoms with van der Waals surface area (Å²) in [6, 6.07) is 16.6. The molecule has 6 nitrogen and oxygen atoms in total. The van der Waals surface area contributed by atoms with E-state index in [9.17, 15) is 4.39 Å². The van der Waals surface area contributed by atoms with Crippen LogP contribution in [0.5, 0.6) is 0 Å². The first kappa shape index (κ1) is 21.8. The third-order valence-corrected chi connectivity index (χ3v) is 5.39. The standard InChI is InChI=1S/C25H27FN4O2/c1-17(2)24(19-8-9-21(22(26)14-19)18-6-4-3-5-7-18)23-15-20(32-29-23)16-28-25(27)30-10-12-31-13-11-30/h3-9,14-15H,10-13,16H2,1-2H3,(H2,27,28). The quantitative estimate of drug-likeness (QED) is 0.474. The maximum Gasteiger partial charge on any atom is 0.191 e. The maximum atomic E-state index is 15.0. The Hall–Kier alpha value is -3.45. The number of guanidine groups is 1. The second kappa shape index (κ2) is 9.78. The van der Waals surface area contributed by atoms with E-state index in [1.165, 1.54) is 0 Å². The fourth-order valence-electron chi connectivity index (χ4n) is 3.77. The molecule has 3 aromatic rings. The van der Waals surface area contributed by atoms with Gasteiger partial charge in [0.1, 0.15) is 18.1 Å². The van der Waals surface area contributed by atoms with Crippen molar-refractivity contribution in [1.82, 2.24) is 10.1 Å². The van der Waals surface area contributed by atoms with Crippen LogP contribution in [0.2, 0.25) is 0 Å². The topological polar surface area (TPSA) is 76.9 Å². The highest BCUT2D eigenvalue weighted by molar-refractivity contribution is 5.81. The van der Waals surface area contributed by atoms with E-state index in [0.29, 0.717) is 36.2 Å². The number of nitrogens with zero attached hydrogens (tertiary/aromatic N) is 3. The summed E-state index contributed by atoms with van der Waals surface area (Å²) in [6.07, 6.45) is 0. The molecular formula is C25H27FN4O2. The van der Waals surface area contributed by atoms with Gasteiger partial charge in [0.2, 0.25) is 0 Å². The summed E-state index contributed by atoms with van der Waals surface area (Å²) < 4.78 is 25.8. The Morgan fingerprint density at radius 1 is 1.09 bits per heavy atom. The number of nitrogens with two attached hydrogens (primary N) is 1. The van der Waals surface area contributed by atoms with Crippen molar-refractivity contribution in [3.8, 4) is 11.1 Å². The third-order valence-electron chi connectivity index (χ3n) is 5.39. The van der Waals surface area contributed by atoms with E-state index >= 15 is 0 Å². The van der Waals surface area contributed by atoms with Crippen LogP contribution in [0.25, 0.3) is 16.7 Å². The molecule has 0 amide bonds. The van der Waals surface area contributed by atoms with Gasteiger partial charge in [-0.1, -0.05) is 53.2 Å². The summed E-state index contributed by atoms with van der Waals surface area (Å²) in [5, 5.41) is 4.22. The molecule has 0 atom stereocenters. The highest BCUT2D eigenvalue weighted by atomic mass is 19.1. The normalized spacial score (nSPS) is 14.5. The lowest BCUT2D eigenvalue weighted by Crippen LogP contribution is -2.44. The highest BCUT2D eigenvalue weighted by Gasteiger charge is 2.16. The minimum absolute atomic E-state index is 0.279. The summed E-state index contributed by atoms with van der Waals surface area (Å²) in [5.74, 6) is 0.780. The molecule has 1 fully saturated rings. The molecule has 4 rings (SSSR count). The number of aliphatic imine (C=N–C) groups is 1. The van der Waals surface area contributed by atoms with Gasteiger partial charge in [0.25, 0.3) is 0 Å². The van der Waals surface area contributed by atoms with Gasteiger partial charge in [-0.15, -0.1) is 0 Å². The van der Waals surface area contributed by atoms with Crippen LogP contribution >= 0.6 is 0 Å². The predicted molar refractivity (Wildman–Crippen MR) is 123 cm³/mol. The Kier molecular flexibility index (Phi) is 6.66. The molecule has 1 saturated heterocycles. The van der Waals surface area contributed by atoms with Gasteiger partial charge in [-0.25, -0.2) is 9.38 Å². The van der Waals surface area contributed by atoms with Gasteiger partial charge >= 0.3 is 0 Å². The number of allylic oxidation sites excluding steroid dienone is 1. The number of halogens is 1. The average molecular weight is 435 g/mol. The number of morpholine rings is 1. The van der Waals surface area contributed by atoms with Crippen LogP contribution in [-0.2, 0) is 11.3 Å². The maximum absolute atomic E-state index is 15.0. The molecule has 166 valence electrons. The summed E-state index contributed by atoms with van der Waals surface area (Å²) >= 11 is 0. The molecule has 1 aliphatic rings. The van der Waals surface area contributed by atoms with Crippen molar-refractivity contribution in [2.24, 2.45) is 10.7 Å². The van der Waals surface area contributed by atoms with Crippen LogP contribution in [-0.4, -0.2) is 42.3 Å². The second-order valence-electron chi connectivity index (χ2n) is 7.89. The van der Waals surface area contributed by atoms with Crippen LogP contribution in [0, 0.1) is 5.82 Å². The number of hydrogen-bond donors (Lipinski definition) is 1. The van der Waals surface area contributed by atoms with Gasteiger partial charge in [-0.3, -0.25) is 0 Å². The van der Waals surface area contributed by atoms with Crippen molar-refractivity contribution < 1.29 is 13.7 Å². The molecule has 0 unspecified atom stereocenters. The average Bonchev–Trinajstić information content (AvgIpc) is 3.27. The molecule has 0 radical (unpaired) electrons. The van der Waals surface area contributed by atoms with Crippen molar-refractivity contribution in [2.45, 2.75) is 20.4 Å². The summed E-state index contributed by atoms with van der Waals surface area (Å²) in [6.45, 7) is 6.97. The molecule has 0 saturated carbocycles. The monoisotopic (exact) mass is 434 g/mol. The van der Waals surface area contributed by atoms with Crippen molar-refractivity contribution in [3.63, 3.8) is 0 Å². The molecule has 2 aromatic carbocycles. The molecule has 32 heavy (non-hydrogen) atoms. The van der Waals surface area contributed by atoms with Gasteiger partial charge in [-0.05, 0) is 31.0 Å². The van der Waals surface area contributed by atoms with E-state index in [4.69, 9.17) is 15.0 Å². The van der Waals surface area contributed by atoms with E-state index < -0.39 is 0 Å². The number of rotatable bonds is 5. The van der Waals surface area contributed by atoms with Crippen LogP contribution in [0.15, 0.2) is 69.7 Å². The fourth-order valence-corrected chi connectivity index (χ4v) is 3.77. The highest BCUT2D eigenvalue weighted by Crippen LogP contribution is 2.31. The summed E-state index contributed by atoms with van der Waals surface area (Å²) in [5.41, 5.74) is 10.7. The van der Waals surface area contributed by atoms with Gasteiger partial charge in [0, 0.05) is 30.3 Å². The first-order chi connectivity index (χ1) is 15.5. The third kappa shape index (κ3) is 4.89. The lowest BCUT2D eigenvalue weighted by molar-refractivity contribution is 0.0674. The van der Waals surface area contributed by atoms with Crippen LogP contribution in [0.3, 0.4) is 0 Å². The molecule has 2 N–H and O–H groups in total. The first-order valence-electron chi connectivity index (χ1n) is 10.6. The van der Waals surface area contributed by atoms with E-state index in [-0.39, 0.29) is 12.4 Å². The molecule has 0 spiro atoms. The first-order valence-corrected chi connectivity index (χ1v) is 10.6. The van der Waals surface area contributed by atoms with Crippen molar-refractivity contribution in [2.75, 3.05) is 26.3 Å².